The Bertz CT molecular complexity index is 526. The van der Waals surface area contributed by atoms with E-state index in [0.717, 1.165) is 31.4 Å². The zero-order valence-electron chi connectivity index (χ0n) is 15.3. The third-order valence-corrected chi connectivity index (χ3v) is 5.08. The number of hydrogen-bond acceptors (Lipinski definition) is 3. The van der Waals surface area contributed by atoms with Crippen molar-refractivity contribution in [1.29, 1.82) is 0 Å². The average Bonchev–Trinajstić information content (AvgIpc) is 2.38. The van der Waals surface area contributed by atoms with E-state index in [1.807, 2.05) is 13.0 Å². The van der Waals surface area contributed by atoms with Crippen LogP contribution in [0.4, 0.5) is 0 Å². The van der Waals surface area contributed by atoms with Gasteiger partial charge in [-0.1, -0.05) is 13.0 Å². The first kappa shape index (κ1) is 19.3. The van der Waals surface area contributed by atoms with E-state index in [2.05, 4.69) is 43.6 Å². The molecule has 2 unspecified atom stereocenters. The minimum atomic E-state index is -0.588. The molecule has 0 radical (unpaired) electrons. The van der Waals surface area contributed by atoms with Crippen LogP contribution in [0.25, 0.3) is 0 Å². The summed E-state index contributed by atoms with van der Waals surface area (Å²) in [5.74, 6) is -0.986. The van der Waals surface area contributed by atoms with Crippen molar-refractivity contribution in [1.82, 2.24) is 16.0 Å². The van der Waals surface area contributed by atoms with Gasteiger partial charge in [-0.3, -0.25) is 9.59 Å². The predicted molar refractivity (Wildman–Crippen MR) is 96.7 cm³/mol. The maximum absolute atomic E-state index is 12.3. The average molecular weight is 356 g/mol. The molecule has 5 nitrogen and oxygen atoms in total. The molecule has 0 spiro atoms. The topological polar surface area (TPSA) is 70.2 Å². The van der Waals surface area contributed by atoms with E-state index in [-0.39, 0.29) is 28.4 Å². The lowest BCUT2D eigenvalue weighted by Crippen LogP contribution is -2.62. The van der Waals surface area contributed by atoms with Gasteiger partial charge in [0.2, 0.25) is 0 Å². The second-order valence-corrected chi connectivity index (χ2v) is 9.17. The summed E-state index contributed by atoms with van der Waals surface area (Å²) in [6, 6.07) is -0.0144. The van der Waals surface area contributed by atoms with Gasteiger partial charge in [-0.2, -0.15) is 0 Å². The zero-order valence-corrected chi connectivity index (χ0v) is 16.1. The lowest BCUT2D eigenvalue weighted by molar-refractivity contribution is -0.139. The van der Waals surface area contributed by atoms with Crippen molar-refractivity contribution < 1.29 is 9.59 Å². The largest absolute Gasteiger partial charge is 0.345 e. The van der Waals surface area contributed by atoms with E-state index in [1.165, 1.54) is 0 Å². The van der Waals surface area contributed by atoms with Gasteiger partial charge in [0.15, 0.2) is 0 Å². The van der Waals surface area contributed by atoms with Gasteiger partial charge in [0.05, 0.1) is 0 Å². The fourth-order valence-corrected chi connectivity index (χ4v) is 4.46. The number of halogens is 1. The number of carbonyl (C=O) groups excluding carboxylic acids is 2. The molecule has 3 N–H and O–H groups in total. The van der Waals surface area contributed by atoms with Crippen LogP contribution in [0, 0.1) is 5.92 Å². The lowest BCUT2D eigenvalue weighted by Gasteiger charge is -2.46. The fourth-order valence-electron chi connectivity index (χ4n) is 4.10. The number of alkyl halides is 1. The number of allylic oxidation sites excluding steroid dienone is 2. The van der Waals surface area contributed by atoms with E-state index in [1.54, 1.807) is 0 Å². The summed E-state index contributed by atoms with van der Waals surface area (Å²) in [5.41, 5.74) is 0.649. The van der Waals surface area contributed by atoms with Crippen molar-refractivity contribution >= 4 is 23.4 Å². The number of rotatable bonds is 2. The Balaban J connectivity index is 1.93. The Kier molecular flexibility index (Phi) is 5.65. The Labute approximate surface area is 150 Å². The molecule has 0 aromatic carbocycles. The molecule has 0 aromatic rings. The minimum absolute atomic E-state index is 0.0144. The van der Waals surface area contributed by atoms with Crippen LogP contribution in [0.2, 0.25) is 0 Å². The van der Waals surface area contributed by atoms with Gasteiger partial charge >= 0.3 is 11.8 Å². The smallest absolute Gasteiger partial charge is 0.313 e. The molecule has 24 heavy (non-hydrogen) atoms. The zero-order chi connectivity index (χ0) is 18.1. The van der Waals surface area contributed by atoms with E-state index < -0.39 is 11.8 Å². The number of carbonyl (C=O) groups is 2. The van der Waals surface area contributed by atoms with Crippen LogP contribution in [-0.4, -0.2) is 34.3 Å². The van der Waals surface area contributed by atoms with Crippen molar-refractivity contribution in [3.05, 3.63) is 11.8 Å². The van der Waals surface area contributed by atoms with Gasteiger partial charge in [-0.15, -0.1) is 11.6 Å². The molecule has 0 saturated carbocycles. The van der Waals surface area contributed by atoms with Crippen LogP contribution >= 0.6 is 11.6 Å². The van der Waals surface area contributed by atoms with Gasteiger partial charge in [-0.05, 0) is 59.3 Å². The number of nitrogens with one attached hydrogen (secondary N) is 3. The number of piperidine rings is 1. The summed E-state index contributed by atoms with van der Waals surface area (Å²) in [7, 11) is 0. The molecule has 2 atom stereocenters. The standard InChI is InChI=1S/C18H30ClN3O2/c1-11-8-12(19)6-7-14(11)21-16(24)15(23)20-13-9-17(2,3)22-18(4,5)10-13/h7,11-13,22H,6,8-10H2,1-5H3,(H,20,23)(H,21,24). The van der Waals surface area contributed by atoms with Crippen LogP contribution in [0.15, 0.2) is 11.8 Å². The maximum atomic E-state index is 12.3. The van der Waals surface area contributed by atoms with E-state index in [4.69, 9.17) is 11.6 Å². The van der Waals surface area contributed by atoms with Crippen LogP contribution in [0.5, 0.6) is 0 Å². The van der Waals surface area contributed by atoms with Crippen molar-refractivity contribution in [3.63, 3.8) is 0 Å². The minimum Gasteiger partial charge on any atom is -0.345 e. The van der Waals surface area contributed by atoms with Gasteiger partial charge < -0.3 is 16.0 Å². The summed E-state index contributed by atoms with van der Waals surface area (Å²) in [6.07, 6.45) is 5.05. The molecule has 1 fully saturated rings. The normalized spacial score (nSPS) is 29.5. The first-order chi connectivity index (χ1) is 11.0. The van der Waals surface area contributed by atoms with E-state index in [9.17, 15) is 9.59 Å². The Hall–Kier alpha value is -1.07. The van der Waals surface area contributed by atoms with Crippen LogP contribution < -0.4 is 16.0 Å². The Morgan fingerprint density at radius 2 is 1.75 bits per heavy atom. The summed E-state index contributed by atoms with van der Waals surface area (Å²) < 4.78 is 0. The van der Waals surface area contributed by atoms with Gasteiger partial charge in [-0.25, -0.2) is 0 Å². The third-order valence-electron chi connectivity index (χ3n) is 4.72. The maximum Gasteiger partial charge on any atom is 0.313 e. The van der Waals surface area contributed by atoms with Gasteiger partial charge in [0.25, 0.3) is 0 Å². The predicted octanol–water partition coefficient (Wildman–Crippen LogP) is 2.45. The highest BCUT2D eigenvalue weighted by atomic mass is 35.5. The first-order valence-corrected chi connectivity index (χ1v) is 9.16. The highest BCUT2D eigenvalue weighted by Gasteiger charge is 2.38. The van der Waals surface area contributed by atoms with Crippen LogP contribution in [0.3, 0.4) is 0 Å². The third kappa shape index (κ3) is 5.21. The molecule has 1 heterocycles. The monoisotopic (exact) mass is 355 g/mol. The Morgan fingerprint density at radius 1 is 1.17 bits per heavy atom. The first-order valence-electron chi connectivity index (χ1n) is 8.73. The molecule has 2 aliphatic rings. The van der Waals surface area contributed by atoms with Crippen molar-refractivity contribution in [2.75, 3.05) is 0 Å². The Morgan fingerprint density at radius 3 is 2.29 bits per heavy atom. The van der Waals surface area contributed by atoms with Gasteiger partial charge in [0.1, 0.15) is 0 Å². The summed E-state index contributed by atoms with van der Waals surface area (Å²) in [4.78, 5) is 24.5. The second-order valence-electron chi connectivity index (χ2n) is 8.55. The molecule has 1 aliphatic heterocycles. The summed E-state index contributed by atoms with van der Waals surface area (Å²) in [5, 5.41) is 9.33. The molecule has 2 rings (SSSR count). The molecular formula is C18H30ClN3O2. The SMILES string of the molecule is CC1CC(Cl)CC=C1NC(=O)C(=O)NC1CC(C)(C)NC(C)(C)C1. The lowest BCUT2D eigenvalue weighted by atomic mass is 9.79. The summed E-state index contributed by atoms with van der Waals surface area (Å²) in [6.45, 7) is 10.5. The molecule has 2 amide bonds. The van der Waals surface area contributed by atoms with Gasteiger partial charge in [0, 0.05) is 28.2 Å². The van der Waals surface area contributed by atoms with E-state index >= 15 is 0 Å². The van der Waals surface area contributed by atoms with E-state index in [0.29, 0.717) is 0 Å². The molecule has 6 heteroatoms. The van der Waals surface area contributed by atoms with Crippen molar-refractivity contribution in [2.24, 2.45) is 5.92 Å². The molecule has 1 saturated heterocycles. The molecule has 0 bridgehead atoms. The second kappa shape index (κ2) is 7.04. The summed E-state index contributed by atoms with van der Waals surface area (Å²) >= 11 is 6.12. The molecule has 0 aromatic heterocycles. The number of amides is 2. The molecule has 1 aliphatic carbocycles. The quantitative estimate of drug-likeness (QED) is 0.526. The van der Waals surface area contributed by atoms with Crippen LogP contribution in [0.1, 0.15) is 60.3 Å². The van der Waals surface area contributed by atoms with Crippen molar-refractivity contribution in [3.8, 4) is 0 Å². The number of hydrogen-bond donors (Lipinski definition) is 3. The van der Waals surface area contributed by atoms with Crippen molar-refractivity contribution in [2.45, 2.75) is 82.8 Å². The molecular weight excluding hydrogens is 326 g/mol. The van der Waals surface area contributed by atoms with Crippen LogP contribution in [-0.2, 0) is 9.59 Å². The highest BCUT2D eigenvalue weighted by Crippen LogP contribution is 2.29. The fraction of sp³-hybridized carbons (Fsp3) is 0.778. The molecule has 136 valence electrons. The highest BCUT2D eigenvalue weighted by molar-refractivity contribution is 6.35.